The highest BCUT2D eigenvalue weighted by Gasteiger charge is 2.11. The highest BCUT2D eigenvalue weighted by Crippen LogP contribution is 2.23. The van der Waals surface area contributed by atoms with Crippen LogP contribution in [0.1, 0.15) is 29.8 Å². The first-order valence-electron chi connectivity index (χ1n) is 7.31. The van der Waals surface area contributed by atoms with Gasteiger partial charge in [-0.1, -0.05) is 30.7 Å². The summed E-state index contributed by atoms with van der Waals surface area (Å²) < 4.78 is 5.44. The molecule has 0 saturated heterocycles. The van der Waals surface area contributed by atoms with Gasteiger partial charge in [0.15, 0.2) is 12.4 Å². The van der Waals surface area contributed by atoms with Crippen LogP contribution in [0.15, 0.2) is 42.5 Å². The minimum atomic E-state index is -0.293. The van der Waals surface area contributed by atoms with Crippen LogP contribution in [0.5, 0.6) is 5.75 Å². The maximum absolute atomic E-state index is 11.9. The zero-order chi connectivity index (χ0) is 16.8. The Morgan fingerprint density at radius 2 is 1.83 bits per heavy atom. The smallest absolute Gasteiger partial charge is 0.262 e. The number of anilines is 1. The van der Waals surface area contributed by atoms with Crippen molar-refractivity contribution >= 4 is 29.0 Å². The van der Waals surface area contributed by atoms with Crippen molar-refractivity contribution in [3.8, 4) is 5.75 Å². The number of benzene rings is 2. The standard InChI is InChI=1S/C18H18ClNO3/c1-3-13-4-7-15(8-5-13)20-18(22)11-23-17-9-6-14(19)10-16(17)12(2)21/h4-10H,3,11H2,1-2H3,(H,20,22). The van der Waals surface area contributed by atoms with Gasteiger partial charge in [-0.3, -0.25) is 9.59 Å². The molecule has 0 aromatic heterocycles. The number of ketones is 1. The van der Waals surface area contributed by atoms with Gasteiger partial charge in [-0.2, -0.15) is 0 Å². The van der Waals surface area contributed by atoms with Crippen LogP contribution < -0.4 is 10.1 Å². The van der Waals surface area contributed by atoms with Crippen LogP contribution in [0.3, 0.4) is 0 Å². The predicted octanol–water partition coefficient (Wildman–Crippen LogP) is 4.12. The molecule has 2 aromatic carbocycles. The van der Waals surface area contributed by atoms with Crippen LogP contribution in [-0.2, 0) is 11.2 Å². The average Bonchev–Trinajstić information content (AvgIpc) is 2.54. The highest BCUT2D eigenvalue weighted by molar-refractivity contribution is 6.31. The third-order valence-electron chi connectivity index (χ3n) is 3.33. The molecule has 0 spiro atoms. The monoisotopic (exact) mass is 331 g/mol. The highest BCUT2D eigenvalue weighted by atomic mass is 35.5. The molecule has 0 aliphatic rings. The van der Waals surface area contributed by atoms with Gasteiger partial charge in [0.05, 0.1) is 5.56 Å². The molecular weight excluding hydrogens is 314 g/mol. The number of carbonyl (C=O) groups excluding carboxylic acids is 2. The Hall–Kier alpha value is -2.33. The van der Waals surface area contributed by atoms with Gasteiger partial charge in [-0.05, 0) is 49.2 Å². The second-order valence-electron chi connectivity index (χ2n) is 5.08. The van der Waals surface area contributed by atoms with Crippen LogP contribution in [0, 0.1) is 0 Å². The molecule has 1 amide bonds. The molecule has 2 rings (SSSR count). The van der Waals surface area contributed by atoms with Crippen molar-refractivity contribution in [3.63, 3.8) is 0 Å². The van der Waals surface area contributed by atoms with Crippen molar-refractivity contribution in [1.29, 1.82) is 0 Å². The number of amides is 1. The first kappa shape index (κ1) is 17.0. The molecule has 0 saturated carbocycles. The number of nitrogens with one attached hydrogen (secondary N) is 1. The van der Waals surface area contributed by atoms with E-state index in [2.05, 4.69) is 12.2 Å². The van der Waals surface area contributed by atoms with Gasteiger partial charge >= 0.3 is 0 Å². The minimum absolute atomic E-state index is 0.168. The molecule has 5 heteroatoms. The zero-order valence-corrected chi connectivity index (χ0v) is 13.8. The molecule has 2 aromatic rings. The van der Waals surface area contributed by atoms with E-state index in [0.29, 0.717) is 22.0 Å². The number of halogens is 1. The maximum atomic E-state index is 11.9. The molecule has 23 heavy (non-hydrogen) atoms. The van der Waals surface area contributed by atoms with Crippen LogP contribution >= 0.6 is 11.6 Å². The van der Waals surface area contributed by atoms with E-state index in [-0.39, 0.29) is 18.3 Å². The van der Waals surface area contributed by atoms with E-state index in [1.807, 2.05) is 24.3 Å². The summed E-state index contributed by atoms with van der Waals surface area (Å²) in [6.45, 7) is 3.31. The summed E-state index contributed by atoms with van der Waals surface area (Å²) in [7, 11) is 0. The molecule has 120 valence electrons. The summed E-state index contributed by atoms with van der Waals surface area (Å²) in [5, 5.41) is 3.20. The summed E-state index contributed by atoms with van der Waals surface area (Å²) in [5.41, 5.74) is 2.27. The first-order valence-corrected chi connectivity index (χ1v) is 7.69. The van der Waals surface area contributed by atoms with Crippen LogP contribution in [0.2, 0.25) is 5.02 Å². The maximum Gasteiger partial charge on any atom is 0.262 e. The SMILES string of the molecule is CCc1ccc(NC(=O)COc2ccc(Cl)cc2C(C)=O)cc1. The summed E-state index contributed by atoms with van der Waals surface area (Å²) in [6.07, 6.45) is 0.946. The lowest BCUT2D eigenvalue weighted by Gasteiger charge is -2.11. The normalized spacial score (nSPS) is 10.2. The van der Waals surface area contributed by atoms with E-state index in [4.69, 9.17) is 16.3 Å². The molecule has 0 radical (unpaired) electrons. The molecule has 0 fully saturated rings. The van der Waals surface area contributed by atoms with E-state index in [1.54, 1.807) is 12.1 Å². The molecule has 0 heterocycles. The second-order valence-corrected chi connectivity index (χ2v) is 5.52. The Labute approximate surface area is 140 Å². The third kappa shape index (κ3) is 4.83. The zero-order valence-electron chi connectivity index (χ0n) is 13.1. The fourth-order valence-electron chi connectivity index (χ4n) is 2.07. The summed E-state index contributed by atoms with van der Waals surface area (Å²) in [6, 6.07) is 12.3. The number of carbonyl (C=O) groups is 2. The Morgan fingerprint density at radius 1 is 1.13 bits per heavy atom. The Kier molecular flexibility index (Phi) is 5.77. The molecular formula is C18H18ClNO3. The third-order valence-corrected chi connectivity index (χ3v) is 3.56. The molecule has 0 aliphatic carbocycles. The van der Waals surface area contributed by atoms with Crippen molar-refractivity contribution in [2.24, 2.45) is 0 Å². The van der Waals surface area contributed by atoms with E-state index in [9.17, 15) is 9.59 Å². The molecule has 1 N–H and O–H groups in total. The van der Waals surface area contributed by atoms with Gasteiger partial charge in [-0.25, -0.2) is 0 Å². The number of ether oxygens (including phenoxy) is 1. The number of Topliss-reactive ketones (excluding diaryl/α,β-unsaturated/α-hetero) is 1. The van der Waals surface area contributed by atoms with Crippen LogP contribution in [0.4, 0.5) is 5.69 Å². The summed E-state index contributed by atoms with van der Waals surface area (Å²) in [5.74, 6) is -0.116. The number of hydrogen-bond acceptors (Lipinski definition) is 3. The van der Waals surface area contributed by atoms with Crippen molar-refractivity contribution in [2.75, 3.05) is 11.9 Å². The fraction of sp³-hybridized carbons (Fsp3) is 0.222. The van der Waals surface area contributed by atoms with Crippen molar-refractivity contribution in [1.82, 2.24) is 0 Å². The topological polar surface area (TPSA) is 55.4 Å². The molecule has 0 bridgehead atoms. The van der Waals surface area contributed by atoms with E-state index in [0.717, 1.165) is 6.42 Å². The lowest BCUT2D eigenvalue weighted by molar-refractivity contribution is -0.118. The van der Waals surface area contributed by atoms with Gasteiger partial charge in [0.25, 0.3) is 5.91 Å². The van der Waals surface area contributed by atoms with Gasteiger partial charge < -0.3 is 10.1 Å². The quantitative estimate of drug-likeness (QED) is 0.810. The summed E-state index contributed by atoms with van der Waals surface area (Å²) in [4.78, 5) is 23.5. The van der Waals surface area contributed by atoms with Gasteiger partial charge in [0, 0.05) is 10.7 Å². The average molecular weight is 332 g/mol. The lowest BCUT2D eigenvalue weighted by Crippen LogP contribution is -2.20. The Bertz CT molecular complexity index is 711. The largest absolute Gasteiger partial charge is 0.483 e. The van der Waals surface area contributed by atoms with Gasteiger partial charge in [0.2, 0.25) is 0 Å². The Morgan fingerprint density at radius 3 is 2.43 bits per heavy atom. The first-order chi connectivity index (χ1) is 11.0. The van der Waals surface area contributed by atoms with Crippen LogP contribution in [-0.4, -0.2) is 18.3 Å². The van der Waals surface area contributed by atoms with Crippen molar-refractivity contribution in [3.05, 3.63) is 58.6 Å². The van der Waals surface area contributed by atoms with E-state index < -0.39 is 0 Å². The molecule has 0 unspecified atom stereocenters. The van der Waals surface area contributed by atoms with Crippen molar-refractivity contribution < 1.29 is 14.3 Å². The molecule has 0 atom stereocenters. The second kappa shape index (κ2) is 7.79. The molecule has 0 aliphatic heterocycles. The molecule has 4 nitrogen and oxygen atoms in total. The predicted molar refractivity (Wildman–Crippen MR) is 91.4 cm³/mol. The minimum Gasteiger partial charge on any atom is -0.483 e. The Balaban J connectivity index is 1.97. The van der Waals surface area contributed by atoms with E-state index in [1.165, 1.54) is 18.6 Å². The van der Waals surface area contributed by atoms with E-state index >= 15 is 0 Å². The van der Waals surface area contributed by atoms with Gasteiger partial charge in [-0.15, -0.1) is 0 Å². The number of hydrogen-bond donors (Lipinski definition) is 1. The summed E-state index contributed by atoms with van der Waals surface area (Å²) >= 11 is 5.87. The number of rotatable bonds is 6. The lowest BCUT2D eigenvalue weighted by atomic mass is 10.1. The van der Waals surface area contributed by atoms with Crippen LogP contribution in [0.25, 0.3) is 0 Å². The van der Waals surface area contributed by atoms with Crippen molar-refractivity contribution in [2.45, 2.75) is 20.3 Å². The fourth-order valence-corrected chi connectivity index (χ4v) is 2.24. The van der Waals surface area contributed by atoms with Gasteiger partial charge in [0.1, 0.15) is 5.75 Å². The number of aryl methyl sites for hydroxylation is 1.